The average Bonchev–Trinajstić information content (AvgIpc) is 3.34. The molecule has 20 heavy (non-hydrogen) atoms. The van der Waals surface area contributed by atoms with Gasteiger partial charge in [-0.2, -0.15) is 0 Å². The average molecular weight is 272 g/mol. The highest BCUT2D eigenvalue weighted by atomic mass is 16.1. The fourth-order valence-corrected chi connectivity index (χ4v) is 3.02. The van der Waals surface area contributed by atoms with Gasteiger partial charge in [-0.05, 0) is 74.6 Å². The van der Waals surface area contributed by atoms with Crippen LogP contribution < -0.4 is 10.6 Å². The van der Waals surface area contributed by atoms with Gasteiger partial charge in [-0.3, -0.25) is 4.79 Å². The predicted octanol–water partition coefficient (Wildman–Crippen LogP) is 3.28. The maximum Gasteiger partial charge on any atom is 0.251 e. The SMILES string of the molecule is CCNc1ccc(C(=O)NCC(C2CC2)C2CC2)cc1. The van der Waals surface area contributed by atoms with Crippen LogP contribution in [0.4, 0.5) is 5.69 Å². The fraction of sp³-hybridized carbons (Fsp3) is 0.588. The van der Waals surface area contributed by atoms with Crippen LogP contribution in [0.1, 0.15) is 43.0 Å². The molecule has 2 saturated carbocycles. The Hall–Kier alpha value is -1.51. The molecule has 3 rings (SSSR count). The first-order chi connectivity index (χ1) is 9.78. The Balaban J connectivity index is 1.52. The van der Waals surface area contributed by atoms with E-state index in [-0.39, 0.29) is 5.91 Å². The van der Waals surface area contributed by atoms with Crippen LogP contribution in [0.15, 0.2) is 24.3 Å². The van der Waals surface area contributed by atoms with Crippen LogP contribution in [-0.2, 0) is 0 Å². The molecule has 108 valence electrons. The summed E-state index contributed by atoms with van der Waals surface area (Å²) in [4.78, 5) is 12.2. The third kappa shape index (κ3) is 3.33. The summed E-state index contributed by atoms with van der Waals surface area (Å²) < 4.78 is 0. The minimum atomic E-state index is 0.0688. The van der Waals surface area contributed by atoms with Crippen LogP contribution in [0.5, 0.6) is 0 Å². The van der Waals surface area contributed by atoms with Crippen LogP contribution in [0.25, 0.3) is 0 Å². The molecule has 0 bridgehead atoms. The fourth-order valence-electron chi connectivity index (χ4n) is 3.02. The summed E-state index contributed by atoms with van der Waals surface area (Å²) in [7, 11) is 0. The third-order valence-corrected chi connectivity index (χ3v) is 4.48. The summed E-state index contributed by atoms with van der Waals surface area (Å²) in [5.74, 6) is 2.58. The van der Waals surface area contributed by atoms with Crippen LogP contribution in [0.3, 0.4) is 0 Å². The minimum absolute atomic E-state index is 0.0688. The zero-order valence-corrected chi connectivity index (χ0v) is 12.2. The lowest BCUT2D eigenvalue weighted by molar-refractivity contribution is 0.0943. The molecular weight excluding hydrogens is 248 g/mol. The van der Waals surface area contributed by atoms with E-state index in [2.05, 4.69) is 17.6 Å². The van der Waals surface area contributed by atoms with Gasteiger partial charge in [0.25, 0.3) is 5.91 Å². The van der Waals surface area contributed by atoms with Crippen LogP contribution in [0.2, 0.25) is 0 Å². The van der Waals surface area contributed by atoms with Gasteiger partial charge in [-0.25, -0.2) is 0 Å². The Morgan fingerprint density at radius 1 is 1.15 bits per heavy atom. The molecule has 0 aromatic heterocycles. The zero-order chi connectivity index (χ0) is 13.9. The summed E-state index contributed by atoms with van der Waals surface area (Å²) in [5, 5.41) is 6.37. The van der Waals surface area contributed by atoms with Gasteiger partial charge < -0.3 is 10.6 Å². The van der Waals surface area contributed by atoms with Gasteiger partial charge in [0.1, 0.15) is 0 Å². The predicted molar refractivity (Wildman–Crippen MR) is 81.9 cm³/mol. The molecule has 0 unspecified atom stereocenters. The summed E-state index contributed by atoms with van der Waals surface area (Å²) >= 11 is 0. The van der Waals surface area contributed by atoms with E-state index in [0.717, 1.165) is 42.1 Å². The van der Waals surface area contributed by atoms with E-state index >= 15 is 0 Å². The van der Waals surface area contributed by atoms with E-state index in [9.17, 15) is 4.79 Å². The summed E-state index contributed by atoms with van der Waals surface area (Å²) in [5.41, 5.74) is 1.83. The summed E-state index contributed by atoms with van der Waals surface area (Å²) in [6.07, 6.45) is 5.48. The number of rotatable bonds is 7. The number of hydrogen-bond acceptors (Lipinski definition) is 2. The molecule has 0 radical (unpaired) electrons. The first-order valence-electron chi connectivity index (χ1n) is 7.90. The highest BCUT2D eigenvalue weighted by Crippen LogP contribution is 2.48. The standard InChI is InChI=1S/C17H24N2O/c1-2-18-15-9-7-14(8-10-15)17(20)19-11-16(12-3-4-12)13-5-6-13/h7-10,12-13,16,18H,2-6,11H2,1H3,(H,19,20). The van der Waals surface area contributed by atoms with Crippen molar-refractivity contribution in [2.75, 3.05) is 18.4 Å². The lowest BCUT2D eigenvalue weighted by atomic mass is 9.98. The maximum absolute atomic E-state index is 12.2. The second-order valence-electron chi connectivity index (χ2n) is 6.16. The molecule has 1 amide bonds. The van der Waals surface area contributed by atoms with Crippen molar-refractivity contribution in [3.63, 3.8) is 0 Å². The summed E-state index contributed by atoms with van der Waals surface area (Å²) in [6, 6.07) is 7.74. The van der Waals surface area contributed by atoms with Gasteiger partial charge in [-0.15, -0.1) is 0 Å². The van der Waals surface area contributed by atoms with Gasteiger partial charge in [0.2, 0.25) is 0 Å². The van der Waals surface area contributed by atoms with E-state index in [1.165, 1.54) is 25.7 Å². The molecule has 0 atom stereocenters. The van der Waals surface area contributed by atoms with Crippen LogP contribution in [0, 0.1) is 17.8 Å². The molecule has 0 saturated heterocycles. The Kier molecular flexibility index (Phi) is 3.95. The molecule has 0 heterocycles. The Bertz CT molecular complexity index is 448. The topological polar surface area (TPSA) is 41.1 Å². The van der Waals surface area contributed by atoms with Gasteiger partial charge in [0.15, 0.2) is 0 Å². The largest absolute Gasteiger partial charge is 0.385 e. The number of nitrogens with one attached hydrogen (secondary N) is 2. The highest BCUT2D eigenvalue weighted by Gasteiger charge is 2.41. The molecule has 2 N–H and O–H groups in total. The van der Waals surface area contributed by atoms with Crippen molar-refractivity contribution in [3.05, 3.63) is 29.8 Å². The van der Waals surface area contributed by atoms with Crippen molar-refractivity contribution in [3.8, 4) is 0 Å². The Labute approximate surface area is 121 Å². The number of carbonyl (C=O) groups excluding carboxylic acids is 1. The Morgan fingerprint density at radius 3 is 2.25 bits per heavy atom. The number of anilines is 1. The molecule has 0 aliphatic heterocycles. The van der Waals surface area contributed by atoms with Crippen LogP contribution >= 0.6 is 0 Å². The quantitative estimate of drug-likeness (QED) is 0.799. The second kappa shape index (κ2) is 5.86. The van der Waals surface area contributed by atoms with Crippen molar-refractivity contribution in [1.29, 1.82) is 0 Å². The first kappa shape index (κ1) is 13.5. The normalized spacial score (nSPS) is 18.1. The molecule has 2 aliphatic rings. The van der Waals surface area contributed by atoms with Crippen LogP contribution in [-0.4, -0.2) is 19.0 Å². The number of benzene rings is 1. The first-order valence-corrected chi connectivity index (χ1v) is 7.90. The number of hydrogen-bond donors (Lipinski definition) is 2. The molecule has 2 aliphatic carbocycles. The molecule has 1 aromatic carbocycles. The van der Waals surface area contributed by atoms with Gasteiger partial charge in [0.05, 0.1) is 0 Å². The highest BCUT2D eigenvalue weighted by molar-refractivity contribution is 5.94. The smallest absolute Gasteiger partial charge is 0.251 e. The van der Waals surface area contributed by atoms with Crippen molar-refractivity contribution in [2.24, 2.45) is 17.8 Å². The molecule has 1 aromatic rings. The number of carbonyl (C=O) groups is 1. The van der Waals surface area contributed by atoms with E-state index in [1.807, 2.05) is 24.3 Å². The molecule has 3 heteroatoms. The Morgan fingerprint density at radius 2 is 1.75 bits per heavy atom. The third-order valence-electron chi connectivity index (χ3n) is 4.48. The maximum atomic E-state index is 12.2. The van der Waals surface area contributed by atoms with Crippen molar-refractivity contribution in [2.45, 2.75) is 32.6 Å². The van der Waals surface area contributed by atoms with E-state index in [1.54, 1.807) is 0 Å². The van der Waals surface area contributed by atoms with Crippen molar-refractivity contribution >= 4 is 11.6 Å². The molecular formula is C17H24N2O. The molecule has 3 nitrogen and oxygen atoms in total. The summed E-state index contributed by atoms with van der Waals surface area (Å²) in [6.45, 7) is 3.83. The lowest BCUT2D eigenvalue weighted by Crippen LogP contribution is -2.31. The number of amides is 1. The van der Waals surface area contributed by atoms with Gasteiger partial charge in [0, 0.05) is 24.3 Å². The van der Waals surface area contributed by atoms with Gasteiger partial charge >= 0.3 is 0 Å². The van der Waals surface area contributed by atoms with Gasteiger partial charge in [-0.1, -0.05) is 0 Å². The van der Waals surface area contributed by atoms with Crippen molar-refractivity contribution < 1.29 is 4.79 Å². The molecule has 2 fully saturated rings. The monoisotopic (exact) mass is 272 g/mol. The van der Waals surface area contributed by atoms with E-state index < -0.39 is 0 Å². The zero-order valence-electron chi connectivity index (χ0n) is 12.2. The van der Waals surface area contributed by atoms with E-state index in [4.69, 9.17) is 0 Å². The van der Waals surface area contributed by atoms with E-state index in [0.29, 0.717) is 0 Å². The molecule has 0 spiro atoms. The van der Waals surface area contributed by atoms with Crippen molar-refractivity contribution in [1.82, 2.24) is 5.32 Å². The second-order valence-corrected chi connectivity index (χ2v) is 6.16. The lowest BCUT2D eigenvalue weighted by Gasteiger charge is -2.16. The minimum Gasteiger partial charge on any atom is -0.385 e.